The Morgan fingerprint density at radius 2 is 2.03 bits per heavy atom. The summed E-state index contributed by atoms with van der Waals surface area (Å²) in [6.07, 6.45) is 4.69. The minimum Gasteiger partial charge on any atom is -0.391 e. The van der Waals surface area contributed by atoms with Crippen molar-refractivity contribution < 1.29 is 18.7 Å². The van der Waals surface area contributed by atoms with E-state index in [2.05, 4.69) is 15.3 Å². The Bertz CT molecular complexity index is 1060. The van der Waals surface area contributed by atoms with Crippen LogP contribution in [0.3, 0.4) is 0 Å². The van der Waals surface area contributed by atoms with Gasteiger partial charge in [0.2, 0.25) is 0 Å². The van der Waals surface area contributed by atoms with E-state index in [-0.39, 0.29) is 11.9 Å². The smallest absolute Gasteiger partial charge is 0.253 e. The van der Waals surface area contributed by atoms with Crippen molar-refractivity contribution >= 4 is 16.9 Å². The molecular weight excluding hydrogens is 376 g/mol. The third-order valence-electron chi connectivity index (χ3n) is 5.73. The van der Waals surface area contributed by atoms with E-state index in [1.165, 1.54) is 18.5 Å². The second kappa shape index (κ2) is 7.91. The fraction of sp³-hybridized carbons (Fsp3) is 0.364. The van der Waals surface area contributed by atoms with Crippen LogP contribution in [0.2, 0.25) is 0 Å². The summed E-state index contributed by atoms with van der Waals surface area (Å²) < 4.78 is 26.9. The van der Waals surface area contributed by atoms with E-state index in [9.17, 15) is 18.7 Å². The number of H-pyrrole nitrogens is 1. The Labute approximate surface area is 167 Å². The molecule has 0 unspecified atom stereocenters. The third kappa shape index (κ3) is 3.87. The van der Waals surface area contributed by atoms with Crippen molar-refractivity contribution in [3.63, 3.8) is 0 Å². The molecule has 7 heteroatoms. The van der Waals surface area contributed by atoms with Crippen molar-refractivity contribution in [1.29, 1.82) is 0 Å². The van der Waals surface area contributed by atoms with Crippen LogP contribution in [-0.4, -0.2) is 33.1 Å². The number of aliphatic hydroxyl groups excluding tert-OH is 1. The maximum absolute atomic E-state index is 13.6. The van der Waals surface area contributed by atoms with Crippen LogP contribution < -0.4 is 5.32 Å². The van der Waals surface area contributed by atoms with Crippen LogP contribution in [0.25, 0.3) is 11.0 Å². The van der Waals surface area contributed by atoms with E-state index in [0.717, 1.165) is 36.5 Å². The summed E-state index contributed by atoms with van der Waals surface area (Å²) in [5.74, 6) is -2.07. The molecule has 1 aliphatic carbocycles. The molecule has 1 aromatic heterocycles. The van der Waals surface area contributed by atoms with Gasteiger partial charge in [-0.1, -0.05) is 18.9 Å². The second-order valence-corrected chi connectivity index (χ2v) is 7.69. The molecule has 0 radical (unpaired) electrons. The van der Waals surface area contributed by atoms with E-state index in [0.29, 0.717) is 35.0 Å². The monoisotopic (exact) mass is 399 g/mol. The van der Waals surface area contributed by atoms with E-state index in [1.807, 2.05) is 6.92 Å². The number of carbonyl (C=O) groups is 1. The van der Waals surface area contributed by atoms with Crippen LogP contribution in [0.15, 0.2) is 30.6 Å². The highest BCUT2D eigenvalue weighted by molar-refractivity contribution is 6.06. The number of fused-ring (bicyclic) bond motifs is 1. The predicted octanol–water partition coefficient (Wildman–Crippen LogP) is 3.77. The Morgan fingerprint density at radius 1 is 1.24 bits per heavy atom. The van der Waals surface area contributed by atoms with Gasteiger partial charge in [0.05, 0.1) is 35.1 Å². The first kappa shape index (κ1) is 19.5. The van der Waals surface area contributed by atoms with Gasteiger partial charge in [-0.25, -0.2) is 13.8 Å². The molecular formula is C22H23F2N3O2. The quantitative estimate of drug-likeness (QED) is 0.625. The van der Waals surface area contributed by atoms with Gasteiger partial charge in [0.15, 0.2) is 11.6 Å². The Kier molecular flexibility index (Phi) is 5.32. The van der Waals surface area contributed by atoms with Crippen LogP contribution in [0.4, 0.5) is 8.78 Å². The van der Waals surface area contributed by atoms with Gasteiger partial charge < -0.3 is 15.4 Å². The first-order chi connectivity index (χ1) is 13.9. The van der Waals surface area contributed by atoms with E-state index < -0.39 is 17.7 Å². The Hall–Kier alpha value is -2.80. The number of imidazole rings is 1. The molecule has 1 heterocycles. The molecule has 0 spiro atoms. The lowest BCUT2D eigenvalue weighted by molar-refractivity contribution is 0.0718. The highest BCUT2D eigenvalue weighted by Gasteiger charge is 2.26. The number of aryl methyl sites for hydroxylation is 1. The molecule has 0 bridgehead atoms. The van der Waals surface area contributed by atoms with Crippen molar-refractivity contribution in [2.24, 2.45) is 0 Å². The number of aromatic nitrogens is 2. The fourth-order valence-corrected chi connectivity index (χ4v) is 4.05. The lowest BCUT2D eigenvalue weighted by Crippen LogP contribution is -2.45. The normalized spacial score (nSPS) is 19.4. The Balaban J connectivity index is 1.68. The van der Waals surface area contributed by atoms with Crippen molar-refractivity contribution in [3.05, 3.63) is 64.5 Å². The van der Waals surface area contributed by atoms with Crippen LogP contribution in [-0.2, 0) is 6.42 Å². The Morgan fingerprint density at radius 3 is 2.79 bits per heavy atom. The van der Waals surface area contributed by atoms with Crippen LogP contribution in [0.5, 0.6) is 0 Å². The number of hydrogen-bond donors (Lipinski definition) is 3. The number of amides is 1. The molecule has 3 aromatic rings. The number of aromatic amines is 1. The molecule has 1 amide bonds. The molecule has 29 heavy (non-hydrogen) atoms. The molecule has 2 aromatic carbocycles. The lowest BCUT2D eigenvalue weighted by Gasteiger charge is -2.28. The third-order valence-corrected chi connectivity index (χ3v) is 5.73. The number of carbonyl (C=O) groups excluding carboxylic acids is 1. The number of benzene rings is 2. The van der Waals surface area contributed by atoms with E-state index >= 15 is 0 Å². The van der Waals surface area contributed by atoms with Gasteiger partial charge in [-0.2, -0.15) is 0 Å². The molecule has 152 valence electrons. The van der Waals surface area contributed by atoms with E-state index in [4.69, 9.17) is 0 Å². The average molecular weight is 399 g/mol. The molecule has 4 rings (SSSR count). The van der Waals surface area contributed by atoms with Crippen LogP contribution >= 0.6 is 0 Å². The minimum atomic E-state index is -0.898. The standard InChI is InChI=1S/C22H23F2N3O2/c1-12-14(8-13-6-7-16(23)17(24)9-13)10-15(21-20(12)25-11-26-21)22(29)27-18-4-2-3-5-19(18)28/h6-7,9-11,18-19,28H,2-5,8H2,1H3,(H,25,26)(H,27,29)/t18-,19-/m1/s1. The van der Waals surface area contributed by atoms with Crippen LogP contribution in [0, 0.1) is 18.6 Å². The molecule has 1 aliphatic rings. The summed E-state index contributed by atoms with van der Waals surface area (Å²) in [4.78, 5) is 20.4. The van der Waals surface area contributed by atoms with Gasteiger partial charge in [-0.05, 0) is 61.1 Å². The number of nitrogens with one attached hydrogen (secondary N) is 2. The zero-order chi connectivity index (χ0) is 20.5. The zero-order valence-corrected chi connectivity index (χ0v) is 16.1. The van der Waals surface area contributed by atoms with Crippen molar-refractivity contribution in [2.75, 3.05) is 0 Å². The average Bonchev–Trinajstić information content (AvgIpc) is 3.19. The summed E-state index contributed by atoms with van der Waals surface area (Å²) in [6, 6.07) is 5.30. The highest BCUT2D eigenvalue weighted by Crippen LogP contribution is 2.26. The van der Waals surface area contributed by atoms with Crippen molar-refractivity contribution in [2.45, 2.75) is 51.2 Å². The molecule has 1 saturated carbocycles. The second-order valence-electron chi connectivity index (χ2n) is 7.69. The first-order valence-corrected chi connectivity index (χ1v) is 9.82. The summed E-state index contributed by atoms with van der Waals surface area (Å²) in [6.45, 7) is 1.89. The molecule has 5 nitrogen and oxygen atoms in total. The van der Waals surface area contributed by atoms with Crippen molar-refractivity contribution in [1.82, 2.24) is 15.3 Å². The highest BCUT2D eigenvalue weighted by atomic mass is 19.2. The predicted molar refractivity (Wildman–Crippen MR) is 106 cm³/mol. The van der Waals surface area contributed by atoms with Crippen molar-refractivity contribution in [3.8, 4) is 0 Å². The maximum Gasteiger partial charge on any atom is 0.253 e. The van der Waals surface area contributed by atoms with Gasteiger partial charge in [-0.15, -0.1) is 0 Å². The van der Waals surface area contributed by atoms with Gasteiger partial charge >= 0.3 is 0 Å². The number of rotatable bonds is 4. The maximum atomic E-state index is 13.6. The number of aliphatic hydroxyl groups is 1. The molecule has 0 saturated heterocycles. The van der Waals surface area contributed by atoms with E-state index in [1.54, 1.807) is 6.07 Å². The minimum absolute atomic E-state index is 0.273. The summed E-state index contributed by atoms with van der Waals surface area (Å²) in [5, 5.41) is 13.1. The topological polar surface area (TPSA) is 78.0 Å². The summed E-state index contributed by atoms with van der Waals surface area (Å²) in [7, 11) is 0. The largest absolute Gasteiger partial charge is 0.391 e. The molecule has 3 N–H and O–H groups in total. The molecule has 2 atom stereocenters. The zero-order valence-electron chi connectivity index (χ0n) is 16.1. The first-order valence-electron chi connectivity index (χ1n) is 9.82. The lowest BCUT2D eigenvalue weighted by atomic mass is 9.92. The van der Waals surface area contributed by atoms with Gasteiger partial charge in [0.1, 0.15) is 0 Å². The molecule has 1 fully saturated rings. The van der Waals surface area contributed by atoms with Gasteiger partial charge in [0.25, 0.3) is 5.91 Å². The number of nitrogens with zero attached hydrogens (tertiary/aromatic N) is 1. The van der Waals surface area contributed by atoms with Gasteiger partial charge in [-0.3, -0.25) is 4.79 Å². The SMILES string of the molecule is Cc1c(Cc2ccc(F)c(F)c2)cc(C(=O)N[C@@H]2CCCC[C@H]2O)c2[nH]cnc12. The van der Waals surface area contributed by atoms with Gasteiger partial charge in [0, 0.05) is 0 Å². The fourth-order valence-electron chi connectivity index (χ4n) is 4.05. The number of halogens is 2. The van der Waals surface area contributed by atoms with Crippen LogP contribution in [0.1, 0.15) is 52.7 Å². The summed E-state index contributed by atoms with van der Waals surface area (Å²) >= 11 is 0. The summed E-state index contributed by atoms with van der Waals surface area (Å²) in [5.41, 5.74) is 4.01. The number of hydrogen-bond acceptors (Lipinski definition) is 3. The molecule has 0 aliphatic heterocycles.